The smallest absolute Gasteiger partial charge is 0.194 e. The van der Waals surface area contributed by atoms with E-state index in [4.69, 9.17) is 0 Å². The molecule has 2 aliphatic rings. The predicted octanol–water partition coefficient (Wildman–Crippen LogP) is 3.39. The Kier molecular flexibility index (Phi) is 1.66. The number of fused-ring (bicyclic) bond motifs is 4. The lowest BCUT2D eigenvalue weighted by molar-refractivity contribution is 0.104. The molecule has 0 aliphatic heterocycles. The van der Waals surface area contributed by atoms with Gasteiger partial charge < -0.3 is 0 Å². The minimum absolute atomic E-state index is 0.199. The van der Waals surface area contributed by atoms with E-state index in [1.54, 1.807) is 0 Å². The molecule has 0 bridgehead atoms. The van der Waals surface area contributed by atoms with Crippen LogP contribution in [0, 0.1) is 0 Å². The molecule has 2 aliphatic carbocycles. The first-order valence-electron chi connectivity index (χ1n) is 6.14. The third kappa shape index (κ3) is 1.11. The largest absolute Gasteiger partial charge is 0.289 e. The molecule has 0 unspecified atom stereocenters. The maximum atomic E-state index is 12.3. The van der Waals surface area contributed by atoms with Crippen molar-refractivity contribution in [2.24, 2.45) is 0 Å². The fourth-order valence-electron chi connectivity index (χ4n) is 3.10. The Bertz CT molecular complexity index is 653. The lowest BCUT2D eigenvalue weighted by atomic mass is 10.00. The van der Waals surface area contributed by atoms with Gasteiger partial charge in [0.2, 0.25) is 0 Å². The van der Waals surface area contributed by atoms with Crippen molar-refractivity contribution in [2.45, 2.75) is 19.3 Å². The lowest BCUT2D eigenvalue weighted by Gasteiger charge is -2.04. The summed E-state index contributed by atoms with van der Waals surface area (Å²) in [5.41, 5.74) is 6.85. The van der Waals surface area contributed by atoms with Crippen LogP contribution >= 0.6 is 0 Å². The van der Waals surface area contributed by atoms with Gasteiger partial charge in [-0.05, 0) is 47.6 Å². The Hall–Kier alpha value is -1.89. The van der Waals surface area contributed by atoms with Crippen molar-refractivity contribution in [3.05, 3.63) is 58.7 Å². The van der Waals surface area contributed by atoms with E-state index in [1.807, 2.05) is 18.2 Å². The molecule has 2 aromatic rings. The van der Waals surface area contributed by atoms with Crippen molar-refractivity contribution >= 4 is 5.78 Å². The van der Waals surface area contributed by atoms with Crippen LogP contribution in [0.25, 0.3) is 11.1 Å². The highest BCUT2D eigenvalue weighted by atomic mass is 16.1. The molecule has 0 saturated carbocycles. The van der Waals surface area contributed by atoms with Crippen molar-refractivity contribution in [1.29, 1.82) is 0 Å². The van der Waals surface area contributed by atoms with Crippen molar-refractivity contribution < 1.29 is 4.79 Å². The van der Waals surface area contributed by atoms with Gasteiger partial charge in [0.1, 0.15) is 0 Å². The first-order valence-corrected chi connectivity index (χ1v) is 6.14. The van der Waals surface area contributed by atoms with E-state index < -0.39 is 0 Å². The second-order valence-electron chi connectivity index (χ2n) is 4.89. The Labute approximate surface area is 100 Å². The number of carbonyl (C=O) groups is 1. The summed E-state index contributed by atoms with van der Waals surface area (Å²) < 4.78 is 0. The molecular weight excluding hydrogens is 208 g/mol. The first kappa shape index (κ1) is 9.17. The van der Waals surface area contributed by atoms with Crippen LogP contribution in [0.3, 0.4) is 0 Å². The highest BCUT2D eigenvalue weighted by Gasteiger charge is 2.28. The number of aryl methyl sites for hydroxylation is 2. The normalized spacial score (nSPS) is 15.6. The van der Waals surface area contributed by atoms with Crippen LogP contribution in [0.4, 0.5) is 0 Å². The second-order valence-corrected chi connectivity index (χ2v) is 4.89. The molecule has 0 amide bonds. The number of carbonyl (C=O) groups excluding carboxylic acids is 1. The first-order chi connectivity index (χ1) is 8.34. The molecule has 0 fully saturated rings. The predicted molar refractivity (Wildman–Crippen MR) is 67.3 cm³/mol. The molecule has 0 heterocycles. The minimum Gasteiger partial charge on any atom is -0.289 e. The number of benzene rings is 2. The standard InChI is InChI=1S/C16H12O/c17-16-13-7-2-1-6-12(13)14-8-10-4-3-5-11(10)9-15(14)16/h1-2,6-9H,3-5H2. The third-order valence-corrected chi connectivity index (χ3v) is 3.94. The van der Waals surface area contributed by atoms with E-state index in [1.165, 1.54) is 24.0 Å². The van der Waals surface area contributed by atoms with E-state index in [0.717, 1.165) is 28.7 Å². The molecule has 0 spiro atoms. The molecule has 0 saturated heterocycles. The fourth-order valence-corrected chi connectivity index (χ4v) is 3.10. The molecule has 4 rings (SSSR count). The lowest BCUT2D eigenvalue weighted by Crippen LogP contribution is -1.96. The third-order valence-electron chi connectivity index (χ3n) is 3.94. The van der Waals surface area contributed by atoms with E-state index in [9.17, 15) is 4.79 Å². The summed E-state index contributed by atoms with van der Waals surface area (Å²) >= 11 is 0. The van der Waals surface area contributed by atoms with Crippen molar-refractivity contribution in [1.82, 2.24) is 0 Å². The molecule has 1 nitrogen and oxygen atoms in total. The Morgan fingerprint density at radius 3 is 2.18 bits per heavy atom. The highest BCUT2D eigenvalue weighted by Crippen LogP contribution is 2.39. The van der Waals surface area contributed by atoms with Gasteiger partial charge in [0.15, 0.2) is 5.78 Å². The van der Waals surface area contributed by atoms with Gasteiger partial charge in [0.25, 0.3) is 0 Å². The molecule has 0 aromatic heterocycles. The summed E-state index contributed by atoms with van der Waals surface area (Å²) in [6.45, 7) is 0. The van der Waals surface area contributed by atoms with Crippen LogP contribution in [0.1, 0.15) is 33.5 Å². The zero-order valence-corrected chi connectivity index (χ0v) is 9.49. The fraction of sp³-hybridized carbons (Fsp3) is 0.188. The van der Waals surface area contributed by atoms with E-state index >= 15 is 0 Å². The number of hydrogen-bond donors (Lipinski definition) is 0. The van der Waals surface area contributed by atoms with E-state index in [2.05, 4.69) is 18.2 Å². The molecule has 17 heavy (non-hydrogen) atoms. The topological polar surface area (TPSA) is 17.1 Å². The monoisotopic (exact) mass is 220 g/mol. The number of rotatable bonds is 0. The van der Waals surface area contributed by atoms with Crippen LogP contribution in [-0.2, 0) is 12.8 Å². The van der Waals surface area contributed by atoms with E-state index in [0.29, 0.717) is 0 Å². The maximum Gasteiger partial charge on any atom is 0.194 e. The van der Waals surface area contributed by atoms with Gasteiger partial charge in [-0.3, -0.25) is 4.79 Å². The van der Waals surface area contributed by atoms with Crippen LogP contribution < -0.4 is 0 Å². The highest BCUT2D eigenvalue weighted by molar-refractivity contribution is 6.21. The molecule has 0 atom stereocenters. The van der Waals surface area contributed by atoms with Crippen LogP contribution in [-0.4, -0.2) is 5.78 Å². The van der Waals surface area contributed by atoms with Gasteiger partial charge in [-0.2, -0.15) is 0 Å². The summed E-state index contributed by atoms with van der Waals surface area (Å²) in [6, 6.07) is 12.3. The summed E-state index contributed by atoms with van der Waals surface area (Å²) in [5.74, 6) is 0.199. The van der Waals surface area contributed by atoms with Gasteiger partial charge in [-0.25, -0.2) is 0 Å². The second kappa shape index (κ2) is 3.07. The van der Waals surface area contributed by atoms with Gasteiger partial charge in [0.05, 0.1) is 0 Å². The Morgan fingerprint density at radius 2 is 1.41 bits per heavy atom. The quantitative estimate of drug-likeness (QED) is 0.567. The van der Waals surface area contributed by atoms with Crippen LogP contribution in [0.15, 0.2) is 36.4 Å². The summed E-state index contributed by atoms with van der Waals surface area (Å²) in [6.07, 6.45) is 3.53. The van der Waals surface area contributed by atoms with Gasteiger partial charge >= 0.3 is 0 Å². The molecule has 0 radical (unpaired) electrons. The molecule has 82 valence electrons. The van der Waals surface area contributed by atoms with Crippen molar-refractivity contribution in [3.63, 3.8) is 0 Å². The Balaban J connectivity index is 2.05. The zero-order chi connectivity index (χ0) is 11.4. The van der Waals surface area contributed by atoms with Crippen LogP contribution in [0.5, 0.6) is 0 Å². The molecule has 1 heteroatoms. The van der Waals surface area contributed by atoms with E-state index in [-0.39, 0.29) is 5.78 Å². The SMILES string of the molecule is O=C1c2ccccc2-c2cc3c(cc21)CCC3. The van der Waals surface area contributed by atoms with Crippen LogP contribution in [0.2, 0.25) is 0 Å². The van der Waals surface area contributed by atoms with Crippen molar-refractivity contribution in [3.8, 4) is 11.1 Å². The zero-order valence-electron chi connectivity index (χ0n) is 9.49. The molecular formula is C16H12O. The number of hydrogen-bond acceptors (Lipinski definition) is 1. The summed E-state index contributed by atoms with van der Waals surface area (Å²) in [4.78, 5) is 12.3. The Morgan fingerprint density at radius 1 is 0.765 bits per heavy atom. The summed E-state index contributed by atoms with van der Waals surface area (Å²) in [5, 5.41) is 0. The van der Waals surface area contributed by atoms with Gasteiger partial charge in [0, 0.05) is 11.1 Å². The average molecular weight is 220 g/mol. The average Bonchev–Trinajstić information content (AvgIpc) is 2.92. The summed E-state index contributed by atoms with van der Waals surface area (Å²) in [7, 11) is 0. The minimum atomic E-state index is 0.199. The maximum absolute atomic E-state index is 12.3. The van der Waals surface area contributed by atoms with Crippen molar-refractivity contribution in [2.75, 3.05) is 0 Å². The molecule has 2 aromatic carbocycles. The van der Waals surface area contributed by atoms with Gasteiger partial charge in [-0.1, -0.05) is 30.3 Å². The van der Waals surface area contributed by atoms with Gasteiger partial charge in [-0.15, -0.1) is 0 Å². The molecule has 0 N–H and O–H groups in total. The number of ketones is 1.